The van der Waals surface area contributed by atoms with E-state index in [1.54, 1.807) is 45.4 Å². The van der Waals surface area contributed by atoms with Gasteiger partial charge in [-0.25, -0.2) is 4.39 Å². The van der Waals surface area contributed by atoms with Gasteiger partial charge in [-0.2, -0.15) is 0 Å². The number of ether oxygens (including phenoxy) is 1. The number of rotatable bonds is 8. The summed E-state index contributed by atoms with van der Waals surface area (Å²) < 4.78 is 24.8. The largest absolute Gasteiger partial charge is 0.491 e. The number of thiophene rings is 1. The number of fused-ring (bicyclic) bond motifs is 1. The fourth-order valence-electron chi connectivity index (χ4n) is 4.25. The highest BCUT2D eigenvalue weighted by Gasteiger charge is 2.35. The maximum atomic E-state index is 13.6. The summed E-state index contributed by atoms with van der Waals surface area (Å²) in [7, 11) is 0. The van der Waals surface area contributed by atoms with E-state index in [2.05, 4.69) is 0 Å². The van der Waals surface area contributed by atoms with Crippen molar-refractivity contribution >= 4 is 23.2 Å². The lowest BCUT2D eigenvalue weighted by molar-refractivity contribution is -0.135. The first-order valence-corrected chi connectivity index (χ1v) is 12.0. The zero-order valence-corrected chi connectivity index (χ0v) is 18.9. The third-order valence-corrected chi connectivity index (χ3v) is 7.14. The Morgan fingerprint density at radius 1 is 1.21 bits per heavy atom. The molecule has 1 saturated carbocycles. The third-order valence-electron chi connectivity index (χ3n) is 6.14. The van der Waals surface area contributed by atoms with Crippen LogP contribution in [0.3, 0.4) is 0 Å². The summed E-state index contributed by atoms with van der Waals surface area (Å²) in [4.78, 5) is 31.1. The fourth-order valence-corrected chi connectivity index (χ4v) is 5.18. The molecule has 1 atom stereocenters. The van der Waals surface area contributed by atoms with Crippen molar-refractivity contribution in [1.82, 2.24) is 9.80 Å². The molecule has 2 aliphatic rings. The van der Waals surface area contributed by atoms with Crippen molar-refractivity contribution in [1.29, 1.82) is 0 Å². The van der Waals surface area contributed by atoms with E-state index >= 15 is 0 Å². The minimum absolute atomic E-state index is 0.00797. The van der Waals surface area contributed by atoms with Crippen molar-refractivity contribution < 1.29 is 23.1 Å². The molecule has 5 rings (SSSR count). The molecule has 2 aromatic heterocycles. The number of hydrogen-bond acceptors (Lipinski definition) is 5. The standard InChI is InChI=1S/C25H25FN2O4S/c26-18-3-1-4-19(13-18)32-16-21-20-9-12-33-23(20)8-10-28(21)24(29)15-27(14-17-6-7-17)25(30)22-5-2-11-31-22/h1-5,9,11-13,17,21H,6-8,10,14-16H2/t21-/m1/s1. The predicted molar refractivity (Wildman–Crippen MR) is 122 cm³/mol. The van der Waals surface area contributed by atoms with Gasteiger partial charge in [0.15, 0.2) is 5.76 Å². The molecule has 3 aromatic rings. The van der Waals surface area contributed by atoms with Gasteiger partial charge in [-0.15, -0.1) is 11.3 Å². The Hall–Kier alpha value is -3.13. The first kappa shape index (κ1) is 21.7. The molecule has 1 aliphatic carbocycles. The molecule has 6 nitrogen and oxygen atoms in total. The molecule has 0 N–H and O–H groups in total. The van der Waals surface area contributed by atoms with E-state index in [0.717, 1.165) is 24.8 Å². The smallest absolute Gasteiger partial charge is 0.290 e. The summed E-state index contributed by atoms with van der Waals surface area (Å²) in [6.45, 7) is 1.31. The number of carbonyl (C=O) groups is 2. The zero-order chi connectivity index (χ0) is 22.8. The van der Waals surface area contributed by atoms with Crippen LogP contribution >= 0.6 is 11.3 Å². The van der Waals surface area contributed by atoms with Gasteiger partial charge in [-0.3, -0.25) is 9.59 Å². The summed E-state index contributed by atoms with van der Waals surface area (Å²) in [5.41, 5.74) is 1.06. The lowest BCUT2D eigenvalue weighted by Crippen LogP contribution is -2.48. The van der Waals surface area contributed by atoms with Crippen LogP contribution in [0.2, 0.25) is 0 Å². The molecule has 1 aromatic carbocycles. The minimum atomic E-state index is -0.368. The topological polar surface area (TPSA) is 63.0 Å². The Morgan fingerprint density at radius 2 is 2.09 bits per heavy atom. The molecule has 1 aliphatic heterocycles. The second-order valence-corrected chi connectivity index (χ2v) is 9.53. The molecule has 0 unspecified atom stereocenters. The molecule has 3 heterocycles. The first-order valence-electron chi connectivity index (χ1n) is 11.2. The van der Waals surface area contributed by atoms with Crippen molar-refractivity contribution in [3.05, 3.63) is 76.1 Å². The van der Waals surface area contributed by atoms with Gasteiger partial charge in [-0.05, 0) is 66.5 Å². The van der Waals surface area contributed by atoms with E-state index < -0.39 is 0 Å². The number of carbonyl (C=O) groups excluding carboxylic acids is 2. The molecule has 0 saturated heterocycles. The van der Waals surface area contributed by atoms with Crippen LogP contribution in [-0.2, 0) is 11.2 Å². The highest BCUT2D eigenvalue weighted by molar-refractivity contribution is 7.10. The molecule has 0 spiro atoms. The minimum Gasteiger partial charge on any atom is -0.491 e. The maximum absolute atomic E-state index is 13.6. The quantitative estimate of drug-likeness (QED) is 0.487. The molecule has 0 radical (unpaired) electrons. The monoisotopic (exact) mass is 468 g/mol. The number of benzene rings is 1. The van der Waals surface area contributed by atoms with Crippen LogP contribution in [0.4, 0.5) is 4.39 Å². The second-order valence-electron chi connectivity index (χ2n) is 8.53. The number of furan rings is 1. The lowest BCUT2D eigenvalue weighted by atomic mass is 10.0. The Balaban J connectivity index is 1.33. The SMILES string of the molecule is O=C(c1ccco1)N(CC(=O)N1CCc2sccc2[C@H]1COc1cccc(F)c1)CC1CC1. The summed E-state index contributed by atoms with van der Waals surface area (Å²) in [6.07, 6.45) is 4.38. The van der Waals surface area contributed by atoms with Gasteiger partial charge >= 0.3 is 0 Å². The molecular weight excluding hydrogens is 443 g/mol. The van der Waals surface area contributed by atoms with E-state index in [9.17, 15) is 14.0 Å². The van der Waals surface area contributed by atoms with Crippen molar-refractivity contribution in [2.75, 3.05) is 26.2 Å². The summed E-state index contributed by atoms with van der Waals surface area (Å²) in [5.74, 6) is 0.351. The van der Waals surface area contributed by atoms with Crippen molar-refractivity contribution in [3.8, 4) is 5.75 Å². The van der Waals surface area contributed by atoms with Gasteiger partial charge in [0.05, 0.1) is 12.3 Å². The predicted octanol–water partition coefficient (Wildman–Crippen LogP) is 4.54. The lowest BCUT2D eigenvalue weighted by Gasteiger charge is -2.37. The van der Waals surface area contributed by atoms with E-state index in [1.165, 1.54) is 23.3 Å². The molecule has 1 fully saturated rings. The van der Waals surface area contributed by atoms with E-state index in [1.807, 2.05) is 11.4 Å². The van der Waals surface area contributed by atoms with Crippen molar-refractivity contribution in [3.63, 3.8) is 0 Å². The van der Waals surface area contributed by atoms with Crippen LogP contribution in [0.1, 0.15) is 39.9 Å². The highest BCUT2D eigenvalue weighted by Crippen LogP contribution is 2.35. The zero-order valence-electron chi connectivity index (χ0n) is 18.1. The molecular formula is C25H25FN2O4S. The van der Waals surface area contributed by atoms with Crippen LogP contribution in [0, 0.1) is 11.7 Å². The van der Waals surface area contributed by atoms with Crippen LogP contribution in [0.5, 0.6) is 5.75 Å². The molecule has 8 heteroatoms. The molecule has 2 amide bonds. The van der Waals surface area contributed by atoms with Gasteiger partial charge in [0.1, 0.15) is 24.7 Å². The van der Waals surface area contributed by atoms with Crippen LogP contribution in [-0.4, -0.2) is 47.9 Å². The maximum Gasteiger partial charge on any atom is 0.290 e. The Kier molecular flexibility index (Phi) is 6.17. The van der Waals surface area contributed by atoms with E-state index in [4.69, 9.17) is 9.15 Å². The van der Waals surface area contributed by atoms with Crippen LogP contribution in [0.15, 0.2) is 58.5 Å². The molecule has 33 heavy (non-hydrogen) atoms. The normalized spacial score (nSPS) is 17.5. The Bertz CT molecular complexity index is 1130. The number of nitrogens with zero attached hydrogens (tertiary/aromatic N) is 2. The van der Waals surface area contributed by atoms with Crippen LogP contribution < -0.4 is 4.74 Å². The molecule has 0 bridgehead atoms. The fraction of sp³-hybridized carbons (Fsp3) is 0.360. The van der Waals surface area contributed by atoms with Gasteiger partial charge < -0.3 is 19.0 Å². The summed E-state index contributed by atoms with van der Waals surface area (Å²) in [5, 5.41) is 2.02. The van der Waals surface area contributed by atoms with Gasteiger partial charge in [0.2, 0.25) is 5.91 Å². The third kappa shape index (κ3) is 4.95. The highest BCUT2D eigenvalue weighted by atomic mass is 32.1. The summed E-state index contributed by atoms with van der Waals surface area (Å²) >= 11 is 1.67. The number of hydrogen-bond donors (Lipinski definition) is 0. The van der Waals surface area contributed by atoms with Gasteiger partial charge in [0, 0.05) is 24.0 Å². The number of halogens is 1. The summed E-state index contributed by atoms with van der Waals surface area (Å²) in [6, 6.07) is 11.0. The van der Waals surface area contributed by atoms with Crippen molar-refractivity contribution in [2.24, 2.45) is 5.92 Å². The first-order chi connectivity index (χ1) is 16.1. The Labute approximate surface area is 195 Å². The van der Waals surface area contributed by atoms with Gasteiger partial charge in [0.25, 0.3) is 5.91 Å². The number of amides is 2. The van der Waals surface area contributed by atoms with Gasteiger partial charge in [-0.1, -0.05) is 6.07 Å². The van der Waals surface area contributed by atoms with E-state index in [-0.39, 0.29) is 42.6 Å². The second kappa shape index (κ2) is 9.39. The van der Waals surface area contributed by atoms with E-state index in [0.29, 0.717) is 24.8 Å². The Morgan fingerprint density at radius 3 is 2.85 bits per heavy atom. The average Bonchev–Trinajstić information content (AvgIpc) is 3.26. The van der Waals surface area contributed by atoms with Crippen LogP contribution in [0.25, 0.3) is 0 Å². The average molecular weight is 469 g/mol. The molecule has 172 valence electrons. The van der Waals surface area contributed by atoms with Crippen molar-refractivity contribution in [2.45, 2.75) is 25.3 Å².